The zero-order chi connectivity index (χ0) is 24.4. The molecule has 5 rings (SSSR count). The number of ether oxygens (including phenoxy) is 1. The van der Waals surface area contributed by atoms with Gasteiger partial charge in [0.2, 0.25) is 11.8 Å². The van der Waals surface area contributed by atoms with Crippen molar-refractivity contribution in [2.45, 2.75) is 26.0 Å². The summed E-state index contributed by atoms with van der Waals surface area (Å²) >= 11 is 0. The van der Waals surface area contributed by atoms with E-state index < -0.39 is 6.10 Å². The lowest BCUT2D eigenvalue weighted by Crippen LogP contribution is -2.28. The molecule has 9 heteroatoms. The molecule has 8 nitrogen and oxygen atoms in total. The Morgan fingerprint density at radius 3 is 2.51 bits per heavy atom. The van der Waals surface area contributed by atoms with Gasteiger partial charge >= 0.3 is 0 Å². The van der Waals surface area contributed by atoms with Crippen LogP contribution in [-0.4, -0.2) is 45.2 Å². The fourth-order valence-electron chi connectivity index (χ4n) is 3.98. The molecule has 2 aromatic heterocycles. The lowest BCUT2D eigenvalue weighted by atomic mass is 10.1. The minimum absolute atomic E-state index is 0.274. The topological polar surface area (TPSA) is 100 Å². The van der Waals surface area contributed by atoms with Gasteiger partial charge in [-0.25, -0.2) is 14.4 Å². The molecule has 0 spiro atoms. The summed E-state index contributed by atoms with van der Waals surface area (Å²) in [6.07, 6.45) is -0.489. The Morgan fingerprint density at radius 2 is 1.83 bits per heavy atom. The van der Waals surface area contributed by atoms with E-state index in [0.29, 0.717) is 54.7 Å². The minimum Gasteiger partial charge on any atom is -0.476 e. The summed E-state index contributed by atoms with van der Waals surface area (Å²) < 4.78 is 18.9. The third kappa shape index (κ3) is 4.76. The summed E-state index contributed by atoms with van der Waals surface area (Å²) in [5.74, 6) is 0.203. The number of nitrogens with zero attached hydrogens (tertiary/aromatic N) is 4. The summed E-state index contributed by atoms with van der Waals surface area (Å²) in [6.45, 7) is 3.23. The number of amides is 1. The second-order valence-electron chi connectivity index (χ2n) is 8.17. The van der Waals surface area contributed by atoms with Crippen molar-refractivity contribution in [3.8, 4) is 17.1 Å². The molecule has 1 amide bonds. The van der Waals surface area contributed by atoms with Crippen LogP contribution in [0, 0.1) is 5.82 Å². The van der Waals surface area contributed by atoms with Gasteiger partial charge in [0.05, 0.1) is 17.8 Å². The molecule has 4 aromatic rings. The molecule has 1 fully saturated rings. The van der Waals surface area contributed by atoms with Crippen molar-refractivity contribution in [2.75, 3.05) is 23.4 Å². The third-order valence-electron chi connectivity index (χ3n) is 5.81. The highest BCUT2D eigenvalue weighted by Gasteiger charge is 2.30. The van der Waals surface area contributed by atoms with Crippen LogP contribution < -0.4 is 15.0 Å². The van der Waals surface area contributed by atoms with Crippen LogP contribution in [0.3, 0.4) is 0 Å². The Labute approximate surface area is 201 Å². The number of carbonyl (C=O) groups excluding carboxylic acids is 1. The zero-order valence-electron chi connectivity index (χ0n) is 19.1. The Morgan fingerprint density at radius 1 is 1.06 bits per heavy atom. The number of aromatic nitrogens is 3. The van der Waals surface area contributed by atoms with Crippen LogP contribution in [0.1, 0.15) is 18.9 Å². The number of nitrogens with one attached hydrogen (secondary N) is 1. The molecule has 2 aromatic carbocycles. The van der Waals surface area contributed by atoms with Crippen molar-refractivity contribution >= 4 is 28.6 Å². The predicted molar refractivity (Wildman–Crippen MR) is 131 cm³/mol. The maximum Gasteiger partial charge on any atom is 0.255 e. The molecule has 1 saturated heterocycles. The maximum atomic E-state index is 13.1. The average molecular weight is 474 g/mol. The summed E-state index contributed by atoms with van der Waals surface area (Å²) in [6, 6.07) is 17.4. The molecule has 1 atom stereocenters. The highest BCUT2D eigenvalue weighted by atomic mass is 19.1. The van der Waals surface area contributed by atoms with Gasteiger partial charge in [-0.15, -0.1) is 0 Å². The number of aliphatic hydroxyl groups excluding tert-OH is 1. The first-order valence-electron chi connectivity index (χ1n) is 11.4. The van der Waals surface area contributed by atoms with Crippen molar-refractivity contribution in [3.05, 3.63) is 72.0 Å². The number of benzene rings is 2. The number of anilines is 2. The first-order valence-corrected chi connectivity index (χ1v) is 11.4. The van der Waals surface area contributed by atoms with Crippen LogP contribution in [0.2, 0.25) is 0 Å². The SMILES string of the molecule is CCOc1nc(NCc2ccc(F)cc2)nc2ccc(-c3ccc(N4CCC(O)C4=O)cc3)nc12. The van der Waals surface area contributed by atoms with E-state index in [0.717, 1.165) is 16.8 Å². The molecule has 178 valence electrons. The Balaban J connectivity index is 1.40. The molecule has 3 heterocycles. The van der Waals surface area contributed by atoms with E-state index in [9.17, 15) is 14.3 Å². The van der Waals surface area contributed by atoms with E-state index in [1.165, 1.54) is 12.1 Å². The fourth-order valence-corrected chi connectivity index (χ4v) is 3.98. The van der Waals surface area contributed by atoms with E-state index in [1.807, 2.05) is 43.3 Å². The summed E-state index contributed by atoms with van der Waals surface area (Å²) in [4.78, 5) is 27.5. The van der Waals surface area contributed by atoms with Gasteiger partial charge in [-0.3, -0.25) is 4.79 Å². The predicted octanol–water partition coefficient (Wildman–Crippen LogP) is 3.94. The number of carbonyl (C=O) groups is 1. The van der Waals surface area contributed by atoms with Crippen molar-refractivity contribution in [1.29, 1.82) is 0 Å². The number of rotatable bonds is 7. The van der Waals surface area contributed by atoms with E-state index >= 15 is 0 Å². The fraction of sp³-hybridized carbons (Fsp3) is 0.231. The third-order valence-corrected chi connectivity index (χ3v) is 5.81. The largest absolute Gasteiger partial charge is 0.476 e. The van der Waals surface area contributed by atoms with Gasteiger partial charge in [0.15, 0.2) is 5.52 Å². The van der Waals surface area contributed by atoms with Crippen LogP contribution in [0.5, 0.6) is 5.88 Å². The molecule has 35 heavy (non-hydrogen) atoms. The normalized spacial score (nSPS) is 15.6. The summed E-state index contributed by atoms with van der Waals surface area (Å²) in [5.41, 5.74) is 4.39. The molecular weight excluding hydrogens is 449 g/mol. The number of hydrogen-bond donors (Lipinski definition) is 2. The van der Waals surface area contributed by atoms with Gasteiger partial charge in [-0.05, 0) is 48.9 Å². The Bertz CT molecular complexity index is 1360. The van der Waals surface area contributed by atoms with Gasteiger partial charge in [-0.1, -0.05) is 24.3 Å². The maximum absolute atomic E-state index is 13.1. The summed E-state index contributed by atoms with van der Waals surface area (Å²) in [5, 5.41) is 12.9. The van der Waals surface area contributed by atoms with Crippen LogP contribution in [0.4, 0.5) is 16.0 Å². The standard InChI is InChI=1S/C26H24FN5O3/c1-2-35-24-23-21(30-26(31-24)28-15-16-3-7-18(27)8-4-16)12-11-20(29-23)17-5-9-19(10-6-17)32-14-13-22(33)25(32)34/h3-12,22,33H,2,13-15H2,1H3,(H,28,30,31). The number of pyridine rings is 1. The van der Waals surface area contributed by atoms with Gasteiger partial charge < -0.3 is 20.1 Å². The van der Waals surface area contributed by atoms with Crippen LogP contribution in [0.25, 0.3) is 22.3 Å². The molecule has 1 aliphatic heterocycles. The second-order valence-corrected chi connectivity index (χ2v) is 8.17. The Kier molecular flexibility index (Phi) is 6.24. The molecule has 1 aliphatic rings. The highest BCUT2D eigenvalue weighted by Crippen LogP contribution is 2.29. The lowest BCUT2D eigenvalue weighted by molar-refractivity contribution is -0.123. The van der Waals surface area contributed by atoms with E-state index in [4.69, 9.17) is 9.72 Å². The van der Waals surface area contributed by atoms with E-state index in [1.54, 1.807) is 17.0 Å². The highest BCUT2D eigenvalue weighted by molar-refractivity contribution is 5.98. The van der Waals surface area contributed by atoms with Gasteiger partial charge in [0, 0.05) is 30.8 Å². The van der Waals surface area contributed by atoms with Crippen LogP contribution >= 0.6 is 0 Å². The quantitative estimate of drug-likeness (QED) is 0.419. The average Bonchev–Trinajstić information content (AvgIpc) is 3.21. The van der Waals surface area contributed by atoms with Crippen LogP contribution in [-0.2, 0) is 11.3 Å². The van der Waals surface area contributed by atoms with Gasteiger partial charge in [-0.2, -0.15) is 4.98 Å². The zero-order valence-corrected chi connectivity index (χ0v) is 19.1. The van der Waals surface area contributed by atoms with Gasteiger partial charge in [0.1, 0.15) is 11.9 Å². The summed E-state index contributed by atoms with van der Waals surface area (Å²) in [7, 11) is 0. The number of hydrogen-bond acceptors (Lipinski definition) is 7. The molecule has 0 aliphatic carbocycles. The Hall–Kier alpha value is -4.11. The first-order chi connectivity index (χ1) is 17.0. The lowest BCUT2D eigenvalue weighted by Gasteiger charge is -2.16. The van der Waals surface area contributed by atoms with Crippen molar-refractivity contribution < 1.29 is 19.0 Å². The molecule has 0 bridgehead atoms. The first kappa shape index (κ1) is 22.7. The molecule has 0 radical (unpaired) electrons. The van der Waals surface area contributed by atoms with Crippen molar-refractivity contribution in [2.24, 2.45) is 0 Å². The van der Waals surface area contributed by atoms with Gasteiger partial charge in [0.25, 0.3) is 5.91 Å². The number of fused-ring (bicyclic) bond motifs is 1. The smallest absolute Gasteiger partial charge is 0.255 e. The van der Waals surface area contributed by atoms with Crippen LogP contribution in [0.15, 0.2) is 60.7 Å². The van der Waals surface area contributed by atoms with E-state index in [2.05, 4.69) is 15.3 Å². The molecular formula is C26H24FN5O3. The number of halogens is 1. The molecule has 0 saturated carbocycles. The van der Waals surface area contributed by atoms with Crippen molar-refractivity contribution in [1.82, 2.24) is 15.0 Å². The molecule has 1 unspecified atom stereocenters. The second kappa shape index (κ2) is 9.63. The van der Waals surface area contributed by atoms with E-state index in [-0.39, 0.29) is 11.7 Å². The monoisotopic (exact) mass is 473 g/mol. The number of aliphatic hydroxyl groups is 1. The van der Waals surface area contributed by atoms with Crippen molar-refractivity contribution in [3.63, 3.8) is 0 Å². The molecule has 2 N–H and O–H groups in total. The minimum atomic E-state index is -0.927.